The Labute approximate surface area is 109 Å². The molecule has 1 aromatic carbocycles. The highest BCUT2D eigenvalue weighted by atomic mass is 19.1. The standard InChI is InChI=1S/C13H12FN3O2/c1-19-13-11(3-2-6-16-13)17-12(18)9-5-4-8(14)7-10(9)15/h2-7H,15H2,1H3,(H,17,18). The third-order valence-electron chi connectivity index (χ3n) is 2.47. The third-order valence-corrected chi connectivity index (χ3v) is 2.47. The molecule has 1 amide bonds. The van der Waals surface area contributed by atoms with E-state index in [-0.39, 0.29) is 17.1 Å². The van der Waals surface area contributed by atoms with Gasteiger partial charge < -0.3 is 15.8 Å². The Morgan fingerprint density at radius 1 is 1.42 bits per heavy atom. The summed E-state index contributed by atoms with van der Waals surface area (Å²) in [6.07, 6.45) is 1.54. The van der Waals surface area contributed by atoms with Gasteiger partial charge in [-0.1, -0.05) is 0 Å². The molecular formula is C13H12FN3O2. The summed E-state index contributed by atoms with van der Waals surface area (Å²) in [4.78, 5) is 16.0. The number of nitrogens with one attached hydrogen (secondary N) is 1. The van der Waals surface area contributed by atoms with Crippen molar-refractivity contribution in [1.82, 2.24) is 4.98 Å². The summed E-state index contributed by atoms with van der Waals surface area (Å²) in [6, 6.07) is 6.89. The van der Waals surface area contributed by atoms with Crippen LogP contribution >= 0.6 is 0 Å². The lowest BCUT2D eigenvalue weighted by Gasteiger charge is -2.10. The van der Waals surface area contributed by atoms with Crippen LogP contribution in [0.2, 0.25) is 0 Å². The van der Waals surface area contributed by atoms with Gasteiger partial charge in [-0.25, -0.2) is 9.37 Å². The molecule has 2 aromatic rings. The summed E-state index contributed by atoms with van der Waals surface area (Å²) in [5.74, 6) is -0.659. The molecule has 0 aliphatic carbocycles. The van der Waals surface area contributed by atoms with Crippen LogP contribution in [0.3, 0.4) is 0 Å². The van der Waals surface area contributed by atoms with Crippen LogP contribution in [0.4, 0.5) is 15.8 Å². The number of aromatic nitrogens is 1. The molecular weight excluding hydrogens is 249 g/mol. The van der Waals surface area contributed by atoms with Crippen LogP contribution in [0.5, 0.6) is 5.88 Å². The van der Waals surface area contributed by atoms with Gasteiger partial charge in [0, 0.05) is 11.9 Å². The molecule has 0 saturated heterocycles. The number of halogens is 1. The number of hydrogen-bond donors (Lipinski definition) is 2. The Kier molecular flexibility index (Phi) is 3.61. The van der Waals surface area contributed by atoms with Gasteiger partial charge in [0.1, 0.15) is 11.5 Å². The number of ether oxygens (including phenoxy) is 1. The van der Waals surface area contributed by atoms with Crippen LogP contribution in [-0.4, -0.2) is 18.0 Å². The number of rotatable bonds is 3. The van der Waals surface area contributed by atoms with Gasteiger partial charge in [0.05, 0.1) is 12.7 Å². The molecule has 6 heteroatoms. The normalized spacial score (nSPS) is 10.0. The lowest BCUT2D eigenvalue weighted by atomic mass is 10.1. The first-order valence-corrected chi connectivity index (χ1v) is 5.47. The highest BCUT2D eigenvalue weighted by Gasteiger charge is 2.13. The van der Waals surface area contributed by atoms with E-state index in [2.05, 4.69) is 10.3 Å². The zero-order chi connectivity index (χ0) is 13.8. The molecule has 1 heterocycles. The monoisotopic (exact) mass is 261 g/mol. The van der Waals surface area contributed by atoms with Crippen LogP contribution in [0, 0.1) is 5.82 Å². The van der Waals surface area contributed by atoms with Crippen LogP contribution in [0.1, 0.15) is 10.4 Å². The van der Waals surface area contributed by atoms with Crippen molar-refractivity contribution in [3.05, 3.63) is 47.9 Å². The van der Waals surface area contributed by atoms with Crippen LogP contribution in [0.25, 0.3) is 0 Å². The van der Waals surface area contributed by atoms with Crippen molar-refractivity contribution in [2.45, 2.75) is 0 Å². The van der Waals surface area contributed by atoms with E-state index in [0.29, 0.717) is 5.69 Å². The molecule has 0 aliphatic rings. The van der Waals surface area contributed by atoms with Crippen molar-refractivity contribution in [3.8, 4) is 5.88 Å². The molecule has 2 rings (SSSR count). The summed E-state index contributed by atoms with van der Waals surface area (Å²) in [5, 5.41) is 2.61. The number of carbonyl (C=O) groups excluding carboxylic acids is 1. The molecule has 3 N–H and O–H groups in total. The van der Waals surface area contributed by atoms with Crippen molar-refractivity contribution in [2.24, 2.45) is 0 Å². The quantitative estimate of drug-likeness (QED) is 0.829. The summed E-state index contributed by atoms with van der Waals surface area (Å²) in [6.45, 7) is 0. The maximum Gasteiger partial charge on any atom is 0.257 e. The van der Waals surface area contributed by atoms with E-state index < -0.39 is 11.7 Å². The number of methoxy groups -OCH3 is 1. The smallest absolute Gasteiger partial charge is 0.257 e. The fourth-order valence-corrected chi connectivity index (χ4v) is 1.58. The van der Waals surface area contributed by atoms with Gasteiger partial charge >= 0.3 is 0 Å². The molecule has 0 aliphatic heterocycles. The predicted molar refractivity (Wildman–Crippen MR) is 69.6 cm³/mol. The molecule has 1 aromatic heterocycles. The van der Waals surface area contributed by atoms with Gasteiger partial charge in [0.2, 0.25) is 5.88 Å². The molecule has 0 unspecified atom stereocenters. The Balaban J connectivity index is 2.26. The lowest BCUT2D eigenvalue weighted by Crippen LogP contribution is -2.15. The summed E-state index contributed by atoms with van der Waals surface area (Å²) >= 11 is 0. The summed E-state index contributed by atoms with van der Waals surface area (Å²) in [5.41, 5.74) is 6.27. The van der Waals surface area contributed by atoms with E-state index in [4.69, 9.17) is 10.5 Å². The zero-order valence-electron chi connectivity index (χ0n) is 10.2. The first-order valence-electron chi connectivity index (χ1n) is 5.47. The van der Waals surface area contributed by atoms with Crippen molar-refractivity contribution in [1.29, 1.82) is 0 Å². The van der Waals surface area contributed by atoms with Crippen LogP contribution in [0.15, 0.2) is 36.5 Å². The summed E-state index contributed by atoms with van der Waals surface area (Å²) < 4.78 is 17.9. The van der Waals surface area contributed by atoms with Gasteiger partial charge in [-0.3, -0.25) is 4.79 Å². The fourth-order valence-electron chi connectivity index (χ4n) is 1.58. The maximum absolute atomic E-state index is 12.9. The van der Waals surface area contributed by atoms with Crippen molar-refractivity contribution < 1.29 is 13.9 Å². The number of amides is 1. The predicted octanol–water partition coefficient (Wildman–Crippen LogP) is 2.06. The molecule has 0 atom stereocenters. The number of benzene rings is 1. The van der Waals surface area contributed by atoms with Gasteiger partial charge in [-0.15, -0.1) is 0 Å². The molecule has 0 saturated carbocycles. The van der Waals surface area contributed by atoms with E-state index in [1.807, 2.05) is 0 Å². The average molecular weight is 261 g/mol. The highest BCUT2D eigenvalue weighted by Crippen LogP contribution is 2.22. The van der Waals surface area contributed by atoms with E-state index >= 15 is 0 Å². The molecule has 98 valence electrons. The second kappa shape index (κ2) is 5.34. The number of hydrogen-bond acceptors (Lipinski definition) is 4. The minimum absolute atomic E-state index is 0.0698. The maximum atomic E-state index is 12.9. The van der Waals surface area contributed by atoms with Crippen molar-refractivity contribution >= 4 is 17.3 Å². The largest absolute Gasteiger partial charge is 0.480 e. The van der Waals surface area contributed by atoms with Gasteiger partial charge in [-0.2, -0.15) is 0 Å². The van der Waals surface area contributed by atoms with E-state index in [1.54, 1.807) is 18.3 Å². The number of nitrogens with zero attached hydrogens (tertiary/aromatic N) is 1. The van der Waals surface area contributed by atoms with Gasteiger partial charge in [0.15, 0.2) is 0 Å². The molecule has 0 radical (unpaired) electrons. The highest BCUT2D eigenvalue weighted by molar-refractivity contribution is 6.08. The first-order chi connectivity index (χ1) is 9.11. The minimum Gasteiger partial charge on any atom is -0.480 e. The minimum atomic E-state index is -0.493. The molecule has 5 nitrogen and oxygen atoms in total. The number of pyridine rings is 1. The van der Waals surface area contributed by atoms with Gasteiger partial charge in [0.25, 0.3) is 5.91 Å². The number of nitrogens with two attached hydrogens (primary N) is 1. The molecule has 0 fully saturated rings. The molecule has 0 bridgehead atoms. The van der Waals surface area contributed by atoms with Crippen LogP contribution in [-0.2, 0) is 0 Å². The van der Waals surface area contributed by atoms with Crippen LogP contribution < -0.4 is 15.8 Å². The van der Waals surface area contributed by atoms with Crippen molar-refractivity contribution in [3.63, 3.8) is 0 Å². The Morgan fingerprint density at radius 2 is 2.21 bits per heavy atom. The summed E-state index contributed by atoms with van der Waals surface area (Å²) in [7, 11) is 1.45. The first kappa shape index (κ1) is 12.8. The van der Waals surface area contributed by atoms with Gasteiger partial charge in [-0.05, 0) is 30.3 Å². The van der Waals surface area contributed by atoms with Crippen molar-refractivity contribution in [2.75, 3.05) is 18.2 Å². The lowest BCUT2D eigenvalue weighted by molar-refractivity contribution is 0.102. The number of nitrogen functional groups attached to an aromatic ring is 1. The second-order valence-electron chi connectivity index (χ2n) is 3.75. The molecule has 0 spiro atoms. The average Bonchev–Trinajstić information content (AvgIpc) is 2.39. The Morgan fingerprint density at radius 3 is 2.89 bits per heavy atom. The second-order valence-corrected chi connectivity index (χ2v) is 3.75. The Hall–Kier alpha value is -2.63. The SMILES string of the molecule is COc1ncccc1NC(=O)c1ccc(F)cc1N. The zero-order valence-corrected chi connectivity index (χ0v) is 10.2. The third kappa shape index (κ3) is 2.79. The fraction of sp³-hybridized carbons (Fsp3) is 0.0769. The Bertz CT molecular complexity index is 617. The number of carbonyl (C=O) groups is 1. The van der Waals surface area contributed by atoms with E-state index in [9.17, 15) is 9.18 Å². The van der Waals surface area contributed by atoms with E-state index in [0.717, 1.165) is 6.07 Å². The number of anilines is 2. The molecule has 19 heavy (non-hydrogen) atoms. The van der Waals surface area contributed by atoms with E-state index in [1.165, 1.54) is 19.2 Å². The topological polar surface area (TPSA) is 77.2 Å².